The van der Waals surface area contributed by atoms with Crippen molar-refractivity contribution in [3.05, 3.63) is 47.7 Å². The second kappa shape index (κ2) is 6.07. The number of hydrogen-bond donors (Lipinski definition) is 1. The number of ether oxygens (including phenoxy) is 3. The van der Waals surface area contributed by atoms with Gasteiger partial charge in [-0.2, -0.15) is 5.10 Å². The van der Waals surface area contributed by atoms with Crippen molar-refractivity contribution in [2.45, 2.75) is 6.54 Å². The lowest BCUT2D eigenvalue weighted by atomic mass is 10.0. The Balaban J connectivity index is 1.85. The van der Waals surface area contributed by atoms with Crippen molar-refractivity contribution in [3.63, 3.8) is 0 Å². The van der Waals surface area contributed by atoms with Gasteiger partial charge in [0.15, 0.2) is 11.5 Å². The second-order valence-electron chi connectivity index (χ2n) is 5.68. The van der Waals surface area contributed by atoms with Gasteiger partial charge in [0, 0.05) is 17.0 Å². The Labute approximate surface area is 147 Å². The lowest BCUT2D eigenvalue weighted by molar-refractivity contribution is -0.137. The minimum atomic E-state index is -1.06. The summed E-state index contributed by atoms with van der Waals surface area (Å²) in [5.74, 6) is 0.242. The Morgan fingerprint density at radius 1 is 1.19 bits per heavy atom. The summed E-state index contributed by atoms with van der Waals surface area (Å²) in [7, 11) is 1.54. The number of nitrogens with zero attached hydrogens (tertiary/aromatic N) is 2. The van der Waals surface area contributed by atoms with Crippen molar-refractivity contribution < 1.29 is 28.9 Å². The van der Waals surface area contributed by atoms with Crippen LogP contribution in [0, 0.1) is 0 Å². The number of aromatic nitrogens is 2. The lowest BCUT2D eigenvalue weighted by Crippen LogP contribution is -2.11. The van der Waals surface area contributed by atoms with Crippen molar-refractivity contribution >= 4 is 22.7 Å². The average molecular weight is 354 g/mol. The van der Waals surface area contributed by atoms with Crippen LogP contribution < -0.4 is 14.2 Å². The van der Waals surface area contributed by atoms with E-state index < -0.39 is 5.97 Å². The third-order valence-corrected chi connectivity index (χ3v) is 4.10. The summed E-state index contributed by atoms with van der Waals surface area (Å²) in [5, 5.41) is 13.9. The smallest absolute Gasteiger partial charge is 0.325 e. The first-order chi connectivity index (χ1) is 12.6. The Bertz CT molecular complexity index is 1020. The number of aliphatic carboxylic acids is 1. The molecule has 0 radical (unpaired) electrons. The number of carboxylic acid groups (broad SMARTS) is 1. The van der Waals surface area contributed by atoms with Gasteiger partial charge in [-0.25, -0.2) is 0 Å². The highest BCUT2D eigenvalue weighted by molar-refractivity contribution is 6.15. The summed E-state index contributed by atoms with van der Waals surface area (Å²) in [5.41, 5.74) is 1.07. The van der Waals surface area contributed by atoms with E-state index >= 15 is 0 Å². The van der Waals surface area contributed by atoms with Crippen LogP contribution in [0.15, 0.2) is 36.4 Å². The molecule has 0 amide bonds. The third-order valence-electron chi connectivity index (χ3n) is 4.10. The molecule has 1 aliphatic heterocycles. The van der Waals surface area contributed by atoms with Gasteiger partial charge in [-0.05, 0) is 30.3 Å². The molecule has 0 spiro atoms. The fourth-order valence-electron chi connectivity index (χ4n) is 2.86. The minimum absolute atomic E-state index is 0.0794. The van der Waals surface area contributed by atoms with Crippen molar-refractivity contribution in [3.8, 4) is 17.2 Å². The molecule has 1 N–H and O–H groups in total. The molecule has 0 bridgehead atoms. The zero-order chi connectivity index (χ0) is 18.3. The van der Waals surface area contributed by atoms with Gasteiger partial charge in [-0.1, -0.05) is 0 Å². The standard InChI is InChI=1S/C18H14N2O6/c1-24-11-4-2-10(3-5-11)18(23)17-12-6-14-15(26-9-25-14)7-13(12)20(19-17)8-16(21)22/h2-7H,8-9H2,1H3,(H,21,22). The molecule has 0 unspecified atom stereocenters. The minimum Gasteiger partial charge on any atom is -0.497 e. The summed E-state index contributed by atoms with van der Waals surface area (Å²) in [6, 6.07) is 9.92. The van der Waals surface area contributed by atoms with Crippen molar-refractivity contribution in [2.75, 3.05) is 13.9 Å². The number of carboxylic acids is 1. The van der Waals surface area contributed by atoms with E-state index in [0.717, 1.165) is 0 Å². The third kappa shape index (κ3) is 2.61. The van der Waals surface area contributed by atoms with E-state index in [9.17, 15) is 9.59 Å². The molecule has 1 aromatic heterocycles. The number of benzene rings is 2. The van der Waals surface area contributed by atoms with Crippen LogP contribution in [0.2, 0.25) is 0 Å². The first kappa shape index (κ1) is 15.9. The SMILES string of the molecule is COc1ccc(C(=O)c2nn(CC(=O)O)c3cc4c(cc23)OCO4)cc1. The van der Waals surface area contributed by atoms with Gasteiger partial charge >= 0.3 is 5.97 Å². The topological polar surface area (TPSA) is 99.9 Å². The quantitative estimate of drug-likeness (QED) is 0.700. The highest BCUT2D eigenvalue weighted by Crippen LogP contribution is 2.37. The first-order valence-electron chi connectivity index (χ1n) is 7.77. The van der Waals surface area contributed by atoms with Crippen LogP contribution in [0.3, 0.4) is 0 Å². The van der Waals surface area contributed by atoms with Crippen molar-refractivity contribution in [2.24, 2.45) is 0 Å². The number of fused-ring (bicyclic) bond motifs is 2. The number of methoxy groups -OCH3 is 1. The number of carbonyl (C=O) groups is 2. The van der Waals surface area contributed by atoms with E-state index in [1.807, 2.05) is 0 Å². The van der Waals surface area contributed by atoms with Crippen molar-refractivity contribution in [1.82, 2.24) is 9.78 Å². The number of hydrogen-bond acceptors (Lipinski definition) is 6. The molecule has 26 heavy (non-hydrogen) atoms. The Kier molecular flexibility index (Phi) is 3.72. The predicted molar refractivity (Wildman–Crippen MR) is 89.9 cm³/mol. The highest BCUT2D eigenvalue weighted by Gasteiger charge is 2.24. The van der Waals surface area contributed by atoms with Gasteiger partial charge in [0.2, 0.25) is 12.6 Å². The predicted octanol–water partition coefficient (Wildman–Crippen LogP) is 2.09. The molecule has 3 aromatic rings. The van der Waals surface area contributed by atoms with E-state index in [-0.39, 0.29) is 24.8 Å². The molecular weight excluding hydrogens is 340 g/mol. The van der Waals surface area contributed by atoms with Gasteiger partial charge in [0.1, 0.15) is 18.0 Å². The van der Waals surface area contributed by atoms with Crippen LogP contribution in [0.5, 0.6) is 17.2 Å². The van der Waals surface area contributed by atoms with Gasteiger partial charge in [0.05, 0.1) is 12.6 Å². The molecule has 8 nitrogen and oxygen atoms in total. The van der Waals surface area contributed by atoms with Crippen LogP contribution >= 0.6 is 0 Å². The second-order valence-corrected chi connectivity index (χ2v) is 5.68. The maximum Gasteiger partial charge on any atom is 0.325 e. The molecule has 2 aromatic carbocycles. The summed E-state index contributed by atoms with van der Waals surface area (Å²) in [6.07, 6.45) is 0. The Hall–Kier alpha value is -3.55. The monoisotopic (exact) mass is 354 g/mol. The molecule has 0 saturated heterocycles. The summed E-state index contributed by atoms with van der Waals surface area (Å²) >= 11 is 0. The maximum absolute atomic E-state index is 12.9. The first-order valence-corrected chi connectivity index (χ1v) is 7.77. The zero-order valence-electron chi connectivity index (χ0n) is 13.8. The Morgan fingerprint density at radius 2 is 1.88 bits per heavy atom. The van der Waals surface area contributed by atoms with Crippen LogP contribution in [-0.2, 0) is 11.3 Å². The molecule has 0 aliphatic carbocycles. The molecule has 1 aliphatic rings. The molecule has 2 heterocycles. The molecule has 0 fully saturated rings. The van der Waals surface area contributed by atoms with Gasteiger partial charge in [-0.15, -0.1) is 0 Å². The fraction of sp³-hybridized carbons (Fsp3) is 0.167. The molecule has 0 atom stereocenters. The van der Waals surface area contributed by atoms with E-state index in [2.05, 4.69) is 5.10 Å². The van der Waals surface area contributed by atoms with Gasteiger partial charge in [-0.3, -0.25) is 14.3 Å². The molecule has 132 valence electrons. The summed E-state index contributed by atoms with van der Waals surface area (Å²) in [6.45, 7) is -0.290. The lowest BCUT2D eigenvalue weighted by Gasteiger charge is -2.02. The number of carbonyl (C=O) groups excluding carboxylic acids is 1. The van der Waals surface area contributed by atoms with E-state index in [0.29, 0.717) is 33.7 Å². The highest BCUT2D eigenvalue weighted by atomic mass is 16.7. The van der Waals surface area contributed by atoms with Crippen LogP contribution in [0.1, 0.15) is 16.1 Å². The molecule has 0 saturated carbocycles. The zero-order valence-corrected chi connectivity index (χ0v) is 13.8. The van der Waals surface area contributed by atoms with E-state index in [1.165, 1.54) is 4.68 Å². The number of rotatable bonds is 5. The van der Waals surface area contributed by atoms with Crippen LogP contribution in [0.4, 0.5) is 0 Å². The normalized spacial score (nSPS) is 12.3. The van der Waals surface area contributed by atoms with Gasteiger partial charge < -0.3 is 19.3 Å². The van der Waals surface area contributed by atoms with Crippen LogP contribution in [-0.4, -0.2) is 40.5 Å². The van der Waals surface area contributed by atoms with E-state index in [1.54, 1.807) is 43.5 Å². The van der Waals surface area contributed by atoms with Crippen molar-refractivity contribution in [1.29, 1.82) is 0 Å². The average Bonchev–Trinajstić information content (AvgIpc) is 3.23. The van der Waals surface area contributed by atoms with E-state index in [4.69, 9.17) is 19.3 Å². The number of ketones is 1. The largest absolute Gasteiger partial charge is 0.497 e. The summed E-state index contributed by atoms with van der Waals surface area (Å²) < 4.78 is 17.1. The summed E-state index contributed by atoms with van der Waals surface area (Å²) in [4.78, 5) is 24.1. The maximum atomic E-state index is 12.9. The van der Waals surface area contributed by atoms with Gasteiger partial charge in [0.25, 0.3) is 0 Å². The molecular formula is C18H14N2O6. The molecule has 8 heteroatoms. The fourth-order valence-corrected chi connectivity index (χ4v) is 2.86. The van der Waals surface area contributed by atoms with Crippen LogP contribution in [0.25, 0.3) is 10.9 Å². The molecule has 4 rings (SSSR count). The Morgan fingerprint density at radius 3 is 2.54 bits per heavy atom.